The van der Waals surface area contributed by atoms with E-state index in [9.17, 15) is 18.0 Å². The summed E-state index contributed by atoms with van der Waals surface area (Å²) < 4.78 is 26.5. The van der Waals surface area contributed by atoms with E-state index < -0.39 is 16.0 Å². The molecule has 1 aliphatic rings. The van der Waals surface area contributed by atoms with Crippen LogP contribution in [0.25, 0.3) is 0 Å². The lowest BCUT2D eigenvalue weighted by molar-refractivity contribution is -0.131. The van der Waals surface area contributed by atoms with Crippen LogP contribution in [0.1, 0.15) is 17.3 Å². The van der Waals surface area contributed by atoms with Crippen molar-refractivity contribution < 1.29 is 23.1 Å². The van der Waals surface area contributed by atoms with E-state index in [4.69, 9.17) is 5.11 Å². The van der Waals surface area contributed by atoms with Crippen molar-refractivity contribution in [1.29, 1.82) is 0 Å². The van der Waals surface area contributed by atoms with Crippen LogP contribution < -0.4 is 0 Å². The molecule has 0 aliphatic carbocycles. The molecule has 1 saturated heterocycles. The third kappa shape index (κ3) is 3.90. The third-order valence-electron chi connectivity index (χ3n) is 3.99. The highest BCUT2D eigenvalue weighted by molar-refractivity contribution is 7.99. The number of thioether (sulfide) groups is 1. The van der Waals surface area contributed by atoms with Crippen LogP contribution in [0.2, 0.25) is 0 Å². The molecule has 9 heteroatoms. The molecule has 1 unspecified atom stereocenters. The van der Waals surface area contributed by atoms with Crippen LogP contribution in [0.4, 0.5) is 0 Å². The van der Waals surface area contributed by atoms with E-state index in [1.165, 1.54) is 40.3 Å². The van der Waals surface area contributed by atoms with Crippen molar-refractivity contribution in [1.82, 2.24) is 9.21 Å². The number of piperazine rings is 1. The summed E-state index contributed by atoms with van der Waals surface area (Å²) >= 11 is 1.46. The molecule has 0 saturated carbocycles. The van der Waals surface area contributed by atoms with Gasteiger partial charge in [0, 0.05) is 26.2 Å². The monoisotopic (exact) mass is 372 g/mol. The van der Waals surface area contributed by atoms with Crippen LogP contribution in [-0.2, 0) is 14.8 Å². The molecule has 1 amide bonds. The highest BCUT2D eigenvalue weighted by atomic mass is 32.2. The van der Waals surface area contributed by atoms with Crippen molar-refractivity contribution in [3.05, 3.63) is 29.8 Å². The van der Waals surface area contributed by atoms with E-state index in [2.05, 4.69) is 0 Å². The maximum Gasteiger partial charge on any atom is 0.335 e. The first-order valence-corrected chi connectivity index (χ1v) is 10.1. The number of rotatable bonds is 5. The summed E-state index contributed by atoms with van der Waals surface area (Å²) in [7, 11) is -3.68. The Bertz CT molecular complexity index is 710. The zero-order valence-electron chi connectivity index (χ0n) is 13.5. The number of nitrogens with zero attached hydrogens (tertiary/aromatic N) is 2. The Morgan fingerprint density at radius 1 is 1.12 bits per heavy atom. The summed E-state index contributed by atoms with van der Waals surface area (Å²) in [5, 5.41) is 8.73. The van der Waals surface area contributed by atoms with E-state index >= 15 is 0 Å². The minimum atomic E-state index is -3.68. The lowest BCUT2D eigenvalue weighted by Crippen LogP contribution is -2.52. The van der Waals surface area contributed by atoms with Crippen molar-refractivity contribution in [2.24, 2.45) is 0 Å². The largest absolute Gasteiger partial charge is 0.478 e. The fraction of sp³-hybridized carbons (Fsp3) is 0.467. The number of carboxylic acid groups (broad SMARTS) is 1. The second kappa shape index (κ2) is 7.54. The van der Waals surface area contributed by atoms with Gasteiger partial charge >= 0.3 is 5.97 Å². The van der Waals surface area contributed by atoms with Gasteiger partial charge in [0.05, 0.1) is 15.7 Å². The minimum absolute atomic E-state index is 0.0189. The molecule has 0 spiro atoms. The zero-order chi connectivity index (χ0) is 17.9. The lowest BCUT2D eigenvalue weighted by atomic mass is 10.2. The molecular weight excluding hydrogens is 352 g/mol. The summed E-state index contributed by atoms with van der Waals surface area (Å²) in [6.07, 6.45) is 1.87. The molecule has 1 aliphatic heterocycles. The number of sulfonamides is 1. The first kappa shape index (κ1) is 18.8. The highest BCUT2D eigenvalue weighted by Crippen LogP contribution is 2.19. The Hall–Kier alpha value is -1.58. The first-order valence-electron chi connectivity index (χ1n) is 7.42. The SMILES string of the molecule is CSC(C)C(=O)N1CCN(S(=O)(=O)c2ccc(C(=O)O)cc2)CC1. The van der Waals surface area contributed by atoms with Gasteiger partial charge in [-0.15, -0.1) is 0 Å². The normalized spacial score (nSPS) is 17.5. The van der Waals surface area contributed by atoms with Crippen molar-refractivity contribution in [3.63, 3.8) is 0 Å². The average Bonchev–Trinajstić information content (AvgIpc) is 2.60. The summed E-state index contributed by atoms with van der Waals surface area (Å²) in [4.78, 5) is 24.7. The average molecular weight is 372 g/mol. The number of hydrogen-bond donors (Lipinski definition) is 1. The molecule has 7 nitrogen and oxygen atoms in total. The molecule has 1 atom stereocenters. The molecule has 1 heterocycles. The van der Waals surface area contributed by atoms with E-state index in [1.54, 1.807) is 4.90 Å². The fourth-order valence-corrected chi connectivity index (χ4v) is 4.20. The van der Waals surface area contributed by atoms with Gasteiger partial charge in [0.1, 0.15) is 0 Å². The molecular formula is C15H20N2O5S2. The molecule has 1 aromatic carbocycles. The Morgan fingerprint density at radius 3 is 2.12 bits per heavy atom. The van der Waals surface area contributed by atoms with E-state index in [1.807, 2.05) is 13.2 Å². The maximum atomic E-state index is 12.6. The summed E-state index contributed by atoms with van der Waals surface area (Å²) in [6.45, 7) is 3.01. The van der Waals surface area contributed by atoms with Crippen LogP contribution in [0.5, 0.6) is 0 Å². The van der Waals surface area contributed by atoms with Gasteiger partial charge in [-0.25, -0.2) is 13.2 Å². The lowest BCUT2D eigenvalue weighted by Gasteiger charge is -2.35. The second-order valence-electron chi connectivity index (χ2n) is 5.44. The smallest absolute Gasteiger partial charge is 0.335 e. The van der Waals surface area contributed by atoms with Crippen LogP contribution in [0.15, 0.2) is 29.2 Å². The molecule has 1 N–H and O–H groups in total. The number of hydrogen-bond acceptors (Lipinski definition) is 5. The zero-order valence-corrected chi connectivity index (χ0v) is 15.1. The molecule has 0 radical (unpaired) electrons. The third-order valence-corrected chi connectivity index (χ3v) is 6.81. The van der Waals surface area contributed by atoms with Crippen molar-refractivity contribution >= 4 is 33.7 Å². The van der Waals surface area contributed by atoms with Gasteiger partial charge in [0.2, 0.25) is 15.9 Å². The molecule has 132 valence electrons. The Labute approximate surface area is 145 Å². The highest BCUT2D eigenvalue weighted by Gasteiger charge is 2.31. The van der Waals surface area contributed by atoms with Gasteiger partial charge in [-0.2, -0.15) is 16.1 Å². The minimum Gasteiger partial charge on any atom is -0.478 e. The predicted octanol–water partition coefficient (Wildman–Crippen LogP) is 0.969. The maximum absolute atomic E-state index is 12.6. The molecule has 0 aromatic heterocycles. The molecule has 1 aromatic rings. The summed E-state index contributed by atoms with van der Waals surface area (Å²) in [6, 6.07) is 5.14. The number of aromatic carboxylic acids is 1. The Balaban J connectivity index is 2.07. The van der Waals surface area contributed by atoms with Gasteiger partial charge in [-0.3, -0.25) is 4.79 Å². The quantitative estimate of drug-likeness (QED) is 0.828. The Kier molecular flexibility index (Phi) is 5.89. The number of carbonyl (C=O) groups excluding carboxylic acids is 1. The summed E-state index contributed by atoms with van der Waals surface area (Å²) in [5.74, 6) is -1.08. The van der Waals surface area contributed by atoms with Gasteiger partial charge in [-0.05, 0) is 37.4 Å². The standard InChI is InChI=1S/C15H20N2O5S2/c1-11(23-2)14(18)16-7-9-17(10-8-16)24(21,22)13-5-3-12(4-6-13)15(19)20/h3-6,11H,7-10H2,1-2H3,(H,19,20). The van der Waals surface area contributed by atoms with Crippen LogP contribution >= 0.6 is 11.8 Å². The molecule has 0 bridgehead atoms. The van der Waals surface area contributed by atoms with E-state index in [0.717, 1.165) is 0 Å². The fourth-order valence-electron chi connectivity index (χ4n) is 2.43. The van der Waals surface area contributed by atoms with Gasteiger partial charge < -0.3 is 10.0 Å². The van der Waals surface area contributed by atoms with Crippen molar-refractivity contribution in [2.45, 2.75) is 17.1 Å². The topological polar surface area (TPSA) is 95.0 Å². The van der Waals surface area contributed by atoms with E-state index in [-0.39, 0.29) is 34.7 Å². The number of carbonyl (C=O) groups is 2. The number of amides is 1. The van der Waals surface area contributed by atoms with Gasteiger partial charge in [0.25, 0.3) is 0 Å². The van der Waals surface area contributed by atoms with Crippen molar-refractivity contribution in [3.8, 4) is 0 Å². The van der Waals surface area contributed by atoms with Crippen molar-refractivity contribution in [2.75, 3.05) is 32.4 Å². The number of carboxylic acids is 1. The molecule has 24 heavy (non-hydrogen) atoms. The molecule has 2 rings (SSSR count). The van der Waals surface area contributed by atoms with Crippen LogP contribution in [0, 0.1) is 0 Å². The van der Waals surface area contributed by atoms with E-state index in [0.29, 0.717) is 13.1 Å². The first-order chi connectivity index (χ1) is 11.3. The summed E-state index contributed by atoms with van der Waals surface area (Å²) in [5.41, 5.74) is 0.0374. The van der Waals surface area contributed by atoms with Gasteiger partial charge in [0.15, 0.2) is 0 Å². The van der Waals surface area contributed by atoms with Crippen LogP contribution in [0.3, 0.4) is 0 Å². The molecule has 1 fully saturated rings. The Morgan fingerprint density at radius 2 is 1.67 bits per heavy atom. The van der Waals surface area contributed by atoms with Gasteiger partial charge in [-0.1, -0.05) is 0 Å². The number of benzene rings is 1. The second-order valence-corrected chi connectivity index (χ2v) is 8.55. The van der Waals surface area contributed by atoms with Crippen LogP contribution in [-0.4, -0.2) is 72.3 Å². The predicted molar refractivity (Wildman–Crippen MR) is 91.7 cm³/mol.